The topological polar surface area (TPSA) is 29.3 Å². The standard InChI is InChI=1S/C13H24N2/c1-15(13-6-12(14)7-13)8-11-5-9-2-3-10(11)4-9/h9-13H,2-8,14H2,1H3. The minimum absolute atomic E-state index is 0.498. The van der Waals surface area contributed by atoms with E-state index >= 15 is 0 Å². The van der Waals surface area contributed by atoms with Crippen molar-refractivity contribution >= 4 is 0 Å². The molecule has 3 fully saturated rings. The second kappa shape index (κ2) is 3.74. The quantitative estimate of drug-likeness (QED) is 0.767. The number of rotatable bonds is 3. The Bertz CT molecular complexity index is 235. The number of nitrogens with two attached hydrogens (primary N) is 1. The monoisotopic (exact) mass is 208 g/mol. The first kappa shape index (κ1) is 10.1. The summed E-state index contributed by atoms with van der Waals surface area (Å²) < 4.78 is 0. The Labute approximate surface area is 93.2 Å². The number of hydrogen-bond acceptors (Lipinski definition) is 2. The van der Waals surface area contributed by atoms with Gasteiger partial charge in [-0.2, -0.15) is 0 Å². The molecule has 0 heterocycles. The van der Waals surface area contributed by atoms with E-state index in [-0.39, 0.29) is 0 Å². The molecule has 0 aliphatic heterocycles. The average Bonchev–Trinajstić information content (AvgIpc) is 2.73. The first-order valence-corrected chi connectivity index (χ1v) is 6.68. The normalized spacial score (nSPS) is 48.6. The van der Waals surface area contributed by atoms with Crippen molar-refractivity contribution in [1.82, 2.24) is 4.90 Å². The minimum Gasteiger partial charge on any atom is -0.328 e. The van der Waals surface area contributed by atoms with E-state index in [0.717, 1.165) is 23.8 Å². The molecule has 3 saturated carbocycles. The van der Waals surface area contributed by atoms with Crippen LogP contribution in [0.25, 0.3) is 0 Å². The Balaban J connectivity index is 1.49. The molecule has 0 aromatic carbocycles. The predicted octanol–water partition coefficient (Wildman–Crippen LogP) is 1.84. The Morgan fingerprint density at radius 3 is 2.47 bits per heavy atom. The lowest BCUT2D eigenvalue weighted by atomic mass is 9.84. The molecule has 0 amide bonds. The summed E-state index contributed by atoms with van der Waals surface area (Å²) >= 11 is 0. The van der Waals surface area contributed by atoms with Crippen molar-refractivity contribution in [3.05, 3.63) is 0 Å². The predicted molar refractivity (Wildman–Crippen MR) is 62.6 cm³/mol. The van der Waals surface area contributed by atoms with Gasteiger partial charge in [-0.15, -0.1) is 0 Å². The van der Waals surface area contributed by atoms with Crippen LogP contribution in [-0.4, -0.2) is 30.6 Å². The van der Waals surface area contributed by atoms with Crippen LogP contribution in [-0.2, 0) is 0 Å². The van der Waals surface area contributed by atoms with Gasteiger partial charge in [-0.05, 0) is 56.9 Å². The molecule has 2 bridgehead atoms. The first-order chi connectivity index (χ1) is 7.22. The number of nitrogens with zero attached hydrogens (tertiary/aromatic N) is 1. The number of hydrogen-bond donors (Lipinski definition) is 1. The number of fused-ring (bicyclic) bond motifs is 2. The van der Waals surface area contributed by atoms with Crippen molar-refractivity contribution in [3.63, 3.8) is 0 Å². The van der Waals surface area contributed by atoms with Crippen LogP contribution in [0.3, 0.4) is 0 Å². The molecule has 0 aromatic heterocycles. The highest BCUT2D eigenvalue weighted by atomic mass is 15.1. The lowest BCUT2D eigenvalue weighted by molar-refractivity contribution is 0.106. The lowest BCUT2D eigenvalue weighted by Crippen LogP contribution is -2.50. The summed E-state index contributed by atoms with van der Waals surface area (Å²) in [6.45, 7) is 1.35. The van der Waals surface area contributed by atoms with Crippen LogP contribution in [0.5, 0.6) is 0 Å². The lowest BCUT2D eigenvalue weighted by Gasteiger charge is -2.41. The maximum Gasteiger partial charge on any atom is 0.0122 e. The van der Waals surface area contributed by atoms with Crippen LogP contribution in [0.15, 0.2) is 0 Å². The molecule has 3 atom stereocenters. The van der Waals surface area contributed by atoms with Gasteiger partial charge in [-0.25, -0.2) is 0 Å². The molecule has 0 saturated heterocycles. The Morgan fingerprint density at radius 1 is 1.13 bits per heavy atom. The maximum atomic E-state index is 5.85. The Kier molecular flexibility index (Phi) is 2.52. The van der Waals surface area contributed by atoms with Crippen LogP contribution >= 0.6 is 0 Å². The summed E-state index contributed by atoms with van der Waals surface area (Å²) in [4.78, 5) is 2.59. The van der Waals surface area contributed by atoms with E-state index in [4.69, 9.17) is 5.73 Å². The SMILES string of the molecule is CN(CC1CC2CCC1C2)C1CC(N)C1. The molecule has 15 heavy (non-hydrogen) atoms. The van der Waals surface area contributed by atoms with Crippen LogP contribution in [0.2, 0.25) is 0 Å². The van der Waals surface area contributed by atoms with Crippen molar-refractivity contribution in [2.75, 3.05) is 13.6 Å². The third kappa shape index (κ3) is 1.83. The molecule has 0 radical (unpaired) electrons. The van der Waals surface area contributed by atoms with Gasteiger partial charge in [-0.1, -0.05) is 6.42 Å². The molecule has 0 spiro atoms. The van der Waals surface area contributed by atoms with E-state index in [1.807, 2.05) is 0 Å². The zero-order chi connectivity index (χ0) is 10.4. The zero-order valence-electron chi connectivity index (χ0n) is 9.86. The maximum absolute atomic E-state index is 5.85. The van der Waals surface area contributed by atoms with E-state index < -0.39 is 0 Å². The molecule has 2 N–H and O–H groups in total. The van der Waals surface area contributed by atoms with Gasteiger partial charge < -0.3 is 10.6 Å². The van der Waals surface area contributed by atoms with Gasteiger partial charge in [0.15, 0.2) is 0 Å². The minimum atomic E-state index is 0.498. The fourth-order valence-electron chi connectivity index (χ4n) is 4.11. The molecule has 2 heteroatoms. The summed E-state index contributed by atoms with van der Waals surface area (Å²) in [7, 11) is 2.31. The van der Waals surface area contributed by atoms with E-state index in [1.165, 1.54) is 38.6 Å². The van der Waals surface area contributed by atoms with Crippen LogP contribution < -0.4 is 5.73 Å². The van der Waals surface area contributed by atoms with Crippen LogP contribution in [0.1, 0.15) is 38.5 Å². The van der Waals surface area contributed by atoms with Gasteiger partial charge in [0.1, 0.15) is 0 Å². The fraction of sp³-hybridized carbons (Fsp3) is 1.00. The molecule has 3 rings (SSSR count). The summed E-state index contributed by atoms with van der Waals surface area (Å²) in [5.41, 5.74) is 5.85. The fourth-order valence-corrected chi connectivity index (χ4v) is 4.11. The van der Waals surface area contributed by atoms with Crippen LogP contribution in [0, 0.1) is 17.8 Å². The molecule has 0 aromatic rings. The Hall–Kier alpha value is -0.0800. The van der Waals surface area contributed by atoms with Crippen molar-refractivity contribution in [1.29, 1.82) is 0 Å². The summed E-state index contributed by atoms with van der Waals surface area (Å²) in [5, 5.41) is 0. The van der Waals surface area contributed by atoms with Crippen molar-refractivity contribution in [2.45, 2.75) is 50.6 Å². The van der Waals surface area contributed by atoms with E-state index in [9.17, 15) is 0 Å². The van der Waals surface area contributed by atoms with Crippen molar-refractivity contribution in [3.8, 4) is 0 Å². The second-order valence-corrected chi connectivity index (χ2v) is 6.26. The largest absolute Gasteiger partial charge is 0.328 e. The van der Waals surface area contributed by atoms with E-state index in [2.05, 4.69) is 11.9 Å². The molecule has 86 valence electrons. The highest BCUT2D eigenvalue weighted by Gasteiger charge is 2.41. The van der Waals surface area contributed by atoms with E-state index in [0.29, 0.717) is 6.04 Å². The van der Waals surface area contributed by atoms with Gasteiger partial charge in [0.25, 0.3) is 0 Å². The zero-order valence-corrected chi connectivity index (χ0v) is 9.86. The molecular formula is C13H24N2. The summed E-state index contributed by atoms with van der Waals surface area (Å²) in [5.74, 6) is 3.19. The summed E-state index contributed by atoms with van der Waals surface area (Å²) in [6.07, 6.45) is 8.58. The molecule has 3 aliphatic rings. The van der Waals surface area contributed by atoms with Crippen LogP contribution in [0.4, 0.5) is 0 Å². The highest BCUT2D eigenvalue weighted by molar-refractivity contribution is 4.94. The highest BCUT2D eigenvalue weighted by Crippen LogP contribution is 2.48. The van der Waals surface area contributed by atoms with Gasteiger partial charge in [0.2, 0.25) is 0 Å². The third-order valence-corrected chi connectivity index (χ3v) is 5.18. The molecule has 2 nitrogen and oxygen atoms in total. The molecular weight excluding hydrogens is 184 g/mol. The van der Waals surface area contributed by atoms with Gasteiger partial charge in [0, 0.05) is 18.6 Å². The second-order valence-electron chi connectivity index (χ2n) is 6.26. The molecule has 3 aliphatic carbocycles. The summed E-state index contributed by atoms with van der Waals surface area (Å²) in [6, 6.07) is 1.30. The van der Waals surface area contributed by atoms with Crippen molar-refractivity contribution < 1.29 is 0 Å². The smallest absolute Gasteiger partial charge is 0.0122 e. The average molecular weight is 208 g/mol. The van der Waals surface area contributed by atoms with Gasteiger partial charge >= 0.3 is 0 Å². The van der Waals surface area contributed by atoms with E-state index in [1.54, 1.807) is 6.42 Å². The Morgan fingerprint density at radius 2 is 1.93 bits per heavy atom. The third-order valence-electron chi connectivity index (χ3n) is 5.18. The van der Waals surface area contributed by atoms with Crippen molar-refractivity contribution in [2.24, 2.45) is 23.5 Å². The van der Waals surface area contributed by atoms with Gasteiger partial charge in [0.05, 0.1) is 0 Å². The first-order valence-electron chi connectivity index (χ1n) is 6.68. The molecule has 3 unspecified atom stereocenters. The van der Waals surface area contributed by atoms with Gasteiger partial charge in [-0.3, -0.25) is 0 Å².